The van der Waals surface area contributed by atoms with Gasteiger partial charge in [-0.3, -0.25) is 9.69 Å². The molecule has 2 aromatic rings. The number of hydrogen-bond acceptors (Lipinski definition) is 7. The Morgan fingerprint density at radius 3 is 2.40 bits per heavy atom. The summed E-state index contributed by atoms with van der Waals surface area (Å²) in [4.78, 5) is 28.2. The van der Waals surface area contributed by atoms with Crippen molar-refractivity contribution in [3.05, 3.63) is 17.3 Å². The van der Waals surface area contributed by atoms with Crippen LogP contribution in [0, 0.1) is 0 Å². The second-order valence-corrected chi connectivity index (χ2v) is 7.82. The fourth-order valence-electron chi connectivity index (χ4n) is 3.66. The van der Waals surface area contributed by atoms with Gasteiger partial charge in [-0.15, -0.1) is 11.3 Å². The van der Waals surface area contributed by atoms with Crippen molar-refractivity contribution < 1.29 is 4.79 Å². The molecule has 0 aromatic carbocycles. The molecule has 1 amide bonds. The first-order valence-electron chi connectivity index (χ1n) is 8.95. The van der Waals surface area contributed by atoms with E-state index < -0.39 is 5.91 Å². The molecule has 2 fully saturated rings. The molecule has 25 heavy (non-hydrogen) atoms. The van der Waals surface area contributed by atoms with Gasteiger partial charge >= 0.3 is 0 Å². The molecule has 2 aromatic heterocycles. The Kier molecular flexibility index (Phi) is 4.82. The molecule has 134 valence electrons. The topological polar surface area (TPSA) is 78.6 Å². The van der Waals surface area contributed by atoms with Gasteiger partial charge in [0.15, 0.2) is 0 Å². The zero-order chi connectivity index (χ0) is 17.2. The van der Waals surface area contributed by atoms with Crippen LogP contribution in [-0.2, 0) is 0 Å². The van der Waals surface area contributed by atoms with E-state index in [0.717, 1.165) is 48.8 Å². The Hall–Kier alpha value is -1.77. The van der Waals surface area contributed by atoms with E-state index in [1.165, 1.54) is 43.8 Å². The van der Waals surface area contributed by atoms with Crippen LogP contribution in [0.2, 0.25) is 0 Å². The molecule has 4 rings (SSSR count). The van der Waals surface area contributed by atoms with Crippen LogP contribution in [0.4, 0.5) is 5.82 Å². The maximum absolute atomic E-state index is 11.4. The predicted octanol–water partition coefficient (Wildman–Crippen LogP) is 1.01. The third-order valence-corrected chi connectivity index (χ3v) is 6.27. The minimum atomic E-state index is -0.402. The Balaban J connectivity index is 1.40. The summed E-state index contributed by atoms with van der Waals surface area (Å²) in [5, 5.41) is 0. The Morgan fingerprint density at radius 2 is 1.72 bits per heavy atom. The molecule has 2 aliphatic rings. The van der Waals surface area contributed by atoms with Gasteiger partial charge < -0.3 is 15.5 Å². The van der Waals surface area contributed by atoms with Crippen LogP contribution >= 0.6 is 11.3 Å². The number of hydrogen-bond donors (Lipinski definition) is 1. The average Bonchev–Trinajstić information content (AvgIpc) is 3.29. The highest BCUT2D eigenvalue weighted by molar-refractivity contribution is 7.21. The van der Waals surface area contributed by atoms with E-state index in [9.17, 15) is 4.79 Å². The van der Waals surface area contributed by atoms with Crippen molar-refractivity contribution in [2.45, 2.75) is 12.8 Å². The summed E-state index contributed by atoms with van der Waals surface area (Å²) in [7, 11) is 0. The zero-order valence-electron chi connectivity index (χ0n) is 14.4. The van der Waals surface area contributed by atoms with Crippen molar-refractivity contribution in [1.82, 2.24) is 19.8 Å². The van der Waals surface area contributed by atoms with Crippen molar-refractivity contribution in [2.24, 2.45) is 5.73 Å². The number of primary amides is 1. The molecule has 0 saturated carbocycles. The quantitative estimate of drug-likeness (QED) is 0.857. The van der Waals surface area contributed by atoms with E-state index in [1.807, 2.05) is 0 Å². The molecule has 0 atom stereocenters. The number of aromatic nitrogens is 2. The molecule has 4 heterocycles. The van der Waals surface area contributed by atoms with Gasteiger partial charge in [0.25, 0.3) is 5.91 Å². The summed E-state index contributed by atoms with van der Waals surface area (Å²) in [6, 6.07) is 1.76. The minimum Gasteiger partial charge on any atom is -0.365 e. The average molecular weight is 360 g/mol. The number of thiophene rings is 1. The molecule has 7 nitrogen and oxygen atoms in total. The number of piperazine rings is 1. The van der Waals surface area contributed by atoms with Gasteiger partial charge in [0.1, 0.15) is 12.1 Å². The maximum Gasteiger partial charge on any atom is 0.258 e. The minimum absolute atomic E-state index is 0.402. The standard InChI is InChI=1S/C17H24N6OS/c18-16(24)14-11-13-15(25-14)17(20-12-19-13)23-9-7-22(8-10-23)6-5-21-3-1-2-4-21/h11-12H,1-10H2,(H2,18,24). The molecule has 0 bridgehead atoms. The second-order valence-electron chi connectivity index (χ2n) is 6.76. The molecule has 0 unspecified atom stereocenters. The van der Waals surface area contributed by atoms with Gasteiger partial charge in [0.2, 0.25) is 0 Å². The predicted molar refractivity (Wildman–Crippen MR) is 100 cm³/mol. The Bertz CT molecular complexity index is 749. The Labute approximate surface area is 151 Å². The lowest BCUT2D eigenvalue weighted by atomic mass is 10.3. The van der Waals surface area contributed by atoms with E-state index in [2.05, 4.69) is 24.7 Å². The highest BCUT2D eigenvalue weighted by atomic mass is 32.1. The molecule has 0 radical (unpaired) electrons. The van der Waals surface area contributed by atoms with Crippen LogP contribution in [0.3, 0.4) is 0 Å². The van der Waals surface area contributed by atoms with Crippen molar-refractivity contribution in [2.75, 3.05) is 57.3 Å². The molecule has 2 N–H and O–H groups in total. The van der Waals surface area contributed by atoms with Crippen molar-refractivity contribution >= 4 is 33.3 Å². The number of carbonyl (C=O) groups is 1. The highest BCUT2D eigenvalue weighted by Crippen LogP contribution is 2.31. The molecular weight excluding hydrogens is 336 g/mol. The van der Waals surface area contributed by atoms with Crippen LogP contribution in [0.5, 0.6) is 0 Å². The van der Waals surface area contributed by atoms with Gasteiger partial charge in [-0.05, 0) is 32.0 Å². The van der Waals surface area contributed by atoms with E-state index in [-0.39, 0.29) is 0 Å². The first kappa shape index (κ1) is 16.7. The van der Waals surface area contributed by atoms with Crippen LogP contribution in [0.15, 0.2) is 12.4 Å². The number of likely N-dealkylation sites (tertiary alicyclic amines) is 1. The number of carbonyl (C=O) groups excluding carboxylic acids is 1. The van der Waals surface area contributed by atoms with E-state index in [1.54, 1.807) is 12.4 Å². The maximum atomic E-state index is 11.4. The second kappa shape index (κ2) is 7.23. The molecule has 2 saturated heterocycles. The summed E-state index contributed by atoms with van der Waals surface area (Å²) in [5.74, 6) is 0.530. The largest absolute Gasteiger partial charge is 0.365 e. The summed E-state index contributed by atoms with van der Waals surface area (Å²) < 4.78 is 0.960. The fourth-order valence-corrected chi connectivity index (χ4v) is 4.64. The third kappa shape index (κ3) is 3.61. The number of amides is 1. The molecule has 2 aliphatic heterocycles. The van der Waals surface area contributed by atoms with Crippen LogP contribution in [-0.4, -0.2) is 78.0 Å². The van der Waals surface area contributed by atoms with Gasteiger partial charge in [-0.1, -0.05) is 0 Å². The smallest absolute Gasteiger partial charge is 0.258 e. The van der Waals surface area contributed by atoms with Crippen LogP contribution < -0.4 is 10.6 Å². The molecule has 0 aliphatic carbocycles. The lowest BCUT2D eigenvalue weighted by molar-refractivity contribution is 0.100. The van der Waals surface area contributed by atoms with Crippen molar-refractivity contribution in [3.8, 4) is 0 Å². The van der Waals surface area contributed by atoms with Gasteiger partial charge in [0.05, 0.1) is 15.1 Å². The van der Waals surface area contributed by atoms with E-state index >= 15 is 0 Å². The number of nitrogens with two attached hydrogens (primary N) is 1. The molecular formula is C17H24N6OS. The van der Waals surface area contributed by atoms with Crippen LogP contribution in [0.25, 0.3) is 10.2 Å². The monoisotopic (exact) mass is 360 g/mol. The summed E-state index contributed by atoms with van der Waals surface area (Å²) >= 11 is 1.39. The normalized spacial score (nSPS) is 19.8. The lowest BCUT2D eigenvalue weighted by Crippen LogP contribution is -2.48. The number of nitrogens with zero attached hydrogens (tertiary/aromatic N) is 5. The summed E-state index contributed by atoms with van der Waals surface area (Å²) in [6.07, 6.45) is 4.28. The molecule has 8 heteroatoms. The lowest BCUT2D eigenvalue weighted by Gasteiger charge is -2.36. The van der Waals surface area contributed by atoms with Gasteiger partial charge in [-0.25, -0.2) is 9.97 Å². The summed E-state index contributed by atoms with van der Waals surface area (Å²) in [6.45, 7) is 8.87. The number of rotatable bonds is 5. The summed E-state index contributed by atoms with van der Waals surface area (Å²) in [5.41, 5.74) is 6.21. The number of fused-ring (bicyclic) bond motifs is 1. The molecule has 0 spiro atoms. The fraction of sp³-hybridized carbons (Fsp3) is 0.588. The number of anilines is 1. The first-order valence-corrected chi connectivity index (χ1v) is 9.76. The van der Waals surface area contributed by atoms with Gasteiger partial charge in [-0.2, -0.15) is 0 Å². The highest BCUT2D eigenvalue weighted by Gasteiger charge is 2.22. The van der Waals surface area contributed by atoms with E-state index in [4.69, 9.17) is 5.73 Å². The Morgan fingerprint density at radius 1 is 1.04 bits per heavy atom. The van der Waals surface area contributed by atoms with Crippen molar-refractivity contribution in [3.63, 3.8) is 0 Å². The van der Waals surface area contributed by atoms with Crippen LogP contribution in [0.1, 0.15) is 22.5 Å². The SMILES string of the molecule is NC(=O)c1cc2ncnc(N3CCN(CCN4CCCC4)CC3)c2s1. The zero-order valence-corrected chi connectivity index (χ0v) is 15.2. The van der Waals surface area contributed by atoms with Crippen molar-refractivity contribution in [1.29, 1.82) is 0 Å². The third-order valence-electron chi connectivity index (χ3n) is 5.14. The van der Waals surface area contributed by atoms with E-state index in [0.29, 0.717) is 4.88 Å². The van der Waals surface area contributed by atoms with Gasteiger partial charge in [0, 0.05) is 39.3 Å². The first-order chi connectivity index (χ1) is 12.2.